The quantitative estimate of drug-likeness (QED) is 0.651. The lowest BCUT2D eigenvalue weighted by atomic mass is 10.1. The smallest absolute Gasteiger partial charge is 0.318 e. The molecule has 102 valence electrons. The molecule has 18 heavy (non-hydrogen) atoms. The van der Waals surface area contributed by atoms with Gasteiger partial charge in [-0.2, -0.15) is 0 Å². The summed E-state index contributed by atoms with van der Waals surface area (Å²) in [4.78, 5) is 24.5. The summed E-state index contributed by atoms with van der Waals surface area (Å²) in [7, 11) is 0. The Morgan fingerprint density at radius 2 is 2.22 bits per heavy atom. The third kappa shape index (κ3) is 4.77. The number of urea groups is 1. The first-order chi connectivity index (χ1) is 8.58. The van der Waals surface area contributed by atoms with Crippen LogP contribution in [0, 0.1) is 0 Å². The maximum absolute atomic E-state index is 12.1. The first-order valence-corrected chi connectivity index (χ1v) is 6.48. The monoisotopic (exact) mass is 254 g/mol. The van der Waals surface area contributed by atoms with E-state index in [1.807, 2.05) is 6.92 Å². The second kappa shape index (κ2) is 7.03. The molecule has 5 nitrogen and oxygen atoms in total. The fourth-order valence-electron chi connectivity index (χ4n) is 1.97. The van der Waals surface area contributed by atoms with E-state index < -0.39 is 5.97 Å². The van der Waals surface area contributed by atoms with Crippen molar-refractivity contribution in [1.82, 2.24) is 10.2 Å². The lowest BCUT2D eigenvalue weighted by Gasteiger charge is -2.24. The van der Waals surface area contributed by atoms with E-state index in [1.165, 1.54) is 0 Å². The van der Waals surface area contributed by atoms with E-state index in [-0.39, 0.29) is 18.5 Å². The predicted octanol–water partition coefficient (Wildman–Crippen LogP) is 1.99. The van der Waals surface area contributed by atoms with E-state index in [9.17, 15) is 9.59 Å². The molecule has 1 unspecified atom stereocenters. The first-order valence-electron chi connectivity index (χ1n) is 6.48. The zero-order valence-electron chi connectivity index (χ0n) is 10.9. The van der Waals surface area contributed by atoms with Gasteiger partial charge in [0.2, 0.25) is 0 Å². The van der Waals surface area contributed by atoms with Gasteiger partial charge < -0.3 is 15.3 Å². The Morgan fingerprint density at radius 1 is 1.56 bits per heavy atom. The number of amides is 2. The van der Waals surface area contributed by atoms with Crippen LogP contribution >= 0.6 is 0 Å². The molecule has 1 saturated carbocycles. The lowest BCUT2D eigenvalue weighted by Crippen LogP contribution is -2.46. The molecule has 1 fully saturated rings. The summed E-state index contributed by atoms with van der Waals surface area (Å²) in [5, 5.41) is 11.6. The molecule has 1 rings (SSSR count). The number of aliphatic carboxylic acids is 1. The molecule has 1 aliphatic rings. The number of carboxylic acids is 1. The summed E-state index contributed by atoms with van der Waals surface area (Å²) in [6, 6.07) is -0.154. The highest BCUT2D eigenvalue weighted by Gasteiger charge is 2.32. The maximum Gasteiger partial charge on any atom is 0.318 e. The molecule has 1 aliphatic carbocycles. The fraction of sp³-hybridized carbons (Fsp3) is 0.692. The molecule has 5 heteroatoms. The van der Waals surface area contributed by atoms with Crippen LogP contribution in [0.1, 0.15) is 39.0 Å². The van der Waals surface area contributed by atoms with Crippen molar-refractivity contribution in [2.75, 3.05) is 6.54 Å². The van der Waals surface area contributed by atoms with Gasteiger partial charge in [0.05, 0.1) is 6.42 Å². The number of carbonyl (C=O) groups is 2. The number of carboxylic acid groups (broad SMARTS) is 1. The molecule has 1 atom stereocenters. The van der Waals surface area contributed by atoms with Crippen molar-refractivity contribution in [3.63, 3.8) is 0 Å². The van der Waals surface area contributed by atoms with Gasteiger partial charge in [0.1, 0.15) is 0 Å². The van der Waals surface area contributed by atoms with Crippen molar-refractivity contribution in [2.45, 2.75) is 51.1 Å². The van der Waals surface area contributed by atoms with E-state index in [0.29, 0.717) is 19.0 Å². The molecule has 0 aromatic carbocycles. The molecular formula is C13H22N2O3. The Bertz CT molecular complexity index is 313. The van der Waals surface area contributed by atoms with Gasteiger partial charge in [-0.25, -0.2) is 4.79 Å². The standard InChI is InChI=1S/C13H22N2O3/c1-3-5-10(9-12(16)17)14-13(18)15(8-4-2)11-6-7-11/h4,10-11H,2-3,5-9H2,1H3,(H,14,18)(H,16,17). The fourth-order valence-corrected chi connectivity index (χ4v) is 1.97. The molecule has 0 radical (unpaired) electrons. The van der Waals surface area contributed by atoms with Crippen molar-refractivity contribution >= 4 is 12.0 Å². The van der Waals surface area contributed by atoms with E-state index in [1.54, 1.807) is 11.0 Å². The van der Waals surface area contributed by atoms with Gasteiger partial charge in [0, 0.05) is 18.6 Å². The van der Waals surface area contributed by atoms with Crippen LogP contribution in [0.15, 0.2) is 12.7 Å². The zero-order chi connectivity index (χ0) is 13.5. The van der Waals surface area contributed by atoms with E-state index in [2.05, 4.69) is 11.9 Å². The number of hydrogen-bond acceptors (Lipinski definition) is 2. The Balaban J connectivity index is 2.51. The van der Waals surface area contributed by atoms with Crippen LogP contribution in [0.5, 0.6) is 0 Å². The number of nitrogens with zero attached hydrogens (tertiary/aromatic N) is 1. The number of rotatable bonds is 8. The van der Waals surface area contributed by atoms with Crippen molar-refractivity contribution < 1.29 is 14.7 Å². The van der Waals surface area contributed by atoms with Crippen LogP contribution in [-0.4, -0.2) is 40.6 Å². The molecule has 2 amide bonds. The van der Waals surface area contributed by atoms with E-state index in [4.69, 9.17) is 5.11 Å². The Morgan fingerprint density at radius 3 is 2.67 bits per heavy atom. The number of hydrogen-bond donors (Lipinski definition) is 2. The van der Waals surface area contributed by atoms with Gasteiger partial charge >= 0.3 is 12.0 Å². The van der Waals surface area contributed by atoms with Crippen molar-refractivity contribution in [3.8, 4) is 0 Å². The van der Waals surface area contributed by atoms with Gasteiger partial charge in [-0.15, -0.1) is 6.58 Å². The molecule has 0 aliphatic heterocycles. The van der Waals surface area contributed by atoms with Crippen LogP contribution in [0.2, 0.25) is 0 Å². The summed E-state index contributed by atoms with van der Waals surface area (Å²) in [6.07, 6.45) is 5.26. The highest BCUT2D eigenvalue weighted by Crippen LogP contribution is 2.26. The molecule has 0 bridgehead atoms. The SMILES string of the molecule is C=CCN(C(=O)NC(CCC)CC(=O)O)C1CC1. The van der Waals surface area contributed by atoms with Gasteiger partial charge in [-0.3, -0.25) is 4.79 Å². The largest absolute Gasteiger partial charge is 0.481 e. The highest BCUT2D eigenvalue weighted by atomic mass is 16.4. The van der Waals surface area contributed by atoms with Gasteiger partial charge in [-0.05, 0) is 19.3 Å². The average Bonchev–Trinajstić information content (AvgIpc) is 3.08. The molecule has 0 aromatic rings. The Labute approximate surface area is 108 Å². The zero-order valence-corrected chi connectivity index (χ0v) is 10.9. The lowest BCUT2D eigenvalue weighted by molar-refractivity contribution is -0.137. The van der Waals surface area contributed by atoms with Crippen LogP contribution in [0.25, 0.3) is 0 Å². The van der Waals surface area contributed by atoms with E-state index >= 15 is 0 Å². The normalized spacial score (nSPS) is 15.8. The third-order valence-electron chi connectivity index (χ3n) is 2.96. The van der Waals surface area contributed by atoms with Crippen molar-refractivity contribution in [1.29, 1.82) is 0 Å². The van der Waals surface area contributed by atoms with Gasteiger partial charge in [0.15, 0.2) is 0 Å². The molecular weight excluding hydrogens is 232 g/mol. The Hall–Kier alpha value is -1.52. The van der Waals surface area contributed by atoms with Gasteiger partial charge in [-0.1, -0.05) is 19.4 Å². The third-order valence-corrected chi connectivity index (χ3v) is 2.96. The summed E-state index contributed by atoms with van der Waals surface area (Å²) in [5.74, 6) is -0.879. The topological polar surface area (TPSA) is 69.6 Å². The van der Waals surface area contributed by atoms with Crippen LogP contribution < -0.4 is 5.32 Å². The van der Waals surface area contributed by atoms with E-state index in [0.717, 1.165) is 19.3 Å². The first kappa shape index (κ1) is 14.5. The minimum Gasteiger partial charge on any atom is -0.481 e. The molecule has 2 N–H and O–H groups in total. The summed E-state index contributed by atoms with van der Waals surface area (Å²) in [5.41, 5.74) is 0. The van der Waals surface area contributed by atoms with Crippen LogP contribution in [0.4, 0.5) is 4.79 Å². The van der Waals surface area contributed by atoms with Crippen LogP contribution in [-0.2, 0) is 4.79 Å². The summed E-state index contributed by atoms with van der Waals surface area (Å²) in [6.45, 7) is 6.13. The van der Waals surface area contributed by atoms with Gasteiger partial charge in [0.25, 0.3) is 0 Å². The summed E-state index contributed by atoms with van der Waals surface area (Å²) >= 11 is 0. The van der Waals surface area contributed by atoms with Crippen LogP contribution in [0.3, 0.4) is 0 Å². The highest BCUT2D eigenvalue weighted by molar-refractivity contribution is 5.76. The minimum atomic E-state index is -0.879. The second-order valence-corrected chi connectivity index (χ2v) is 4.71. The second-order valence-electron chi connectivity index (χ2n) is 4.71. The predicted molar refractivity (Wildman–Crippen MR) is 69.4 cm³/mol. The minimum absolute atomic E-state index is 0.0217. The Kier molecular flexibility index (Phi) is 5.68. The average molecular weight is 254 g/mol. The number of carbonyl (C=O) groups excluding carboxylic acids is 1. The molecule has 0 aromatic heterocycles. The maximum atomic E-state index is 12.1. The molecule has 0 spiro atoms. The molecule has 0 heterocycles. The van der Waals surface area contributed by atoms with Crippen molar-refractivity contribution in [2.24, 2.45) is 0 Å². The van der Waals surface area contributed by atoms with Crippen molar-refractivity contribution in [3.05, 3.63) is 12.7 Å². The molecule has 0 saturated heterocycles. The summed E-state index contributed by atoms with van der Waals surface area (Å²) < 4.78 is 0. The number of nitrogens with one attached hydrogen (secondary N) is 1.